The molecule has 2 rings (SSSR count). The molecule has 1 saturated carbocycles. The summed E-state index contributed by atoms with van der Waals surface area (Å²) in [6.45, 7) is 2.84. The fourth-order valence-corrected chi connectivity index (χ4v) is 2.95. The monoisotopic (exact) mass is 233 g/mol. The van der Waals surface area contributed by atoms with E-state index in [1.54, 1.807) is 0 Å². The third kappa shape index (κ3) is 3.27. The quantitative estimate of drug-likeness (QED) is 0.846. The van der Waals surface area contributed by atoms with Crippen LogP contribution < -0.4 is 5.73 Å². The van der Waals surface area contributed by atoms with Crippen LogP contribution in [0, 0.1) is 5.41 Å². The van der Waals surface area contributed by atoms with Crippen LogP contribution in [0.3, 0.4) is 0 Å². The number of aromatic nitrogens is 1. The van der Waals surface area contributed by atoms with Crippen molar-refractivity contribution in [3.8, 4) is 0 Å². The Bertz CT molecular complexity index is 331. The molecule has 1 aromatic rings. The Hall–Kier alpha value is -0.930. The van der Waals surface area contributed by atoms with Crippen molar-refractivity contribution >= 4 is 0 Å². The maximum Gasteiger partial charge on any atom is 0.0543 e. The summed E-state index contributed by atoms with van der Waals surface area (Å²) >= 11 is 0. The maximum absolute atomic E-state index is 5.97. The molecule has 0 atom stereocenters. The van der Waals surface area contributed by atoms with Gasteiger partial charge in [-0.25, -0.2) is 0 Å². The van der Waals surface area contributed by atoms with E-state index in [1.165, 1.54) is 25.7 Å². The van der Waals surface area contributed by atoms with Gasteiger partial charge in [0, 0.05) is 19.3 Å². The van der Waals surface area contributed by atoms with E-state index in [2.05, 4.69) is 23.0 Å². The van der Waals surface area contributed by atoms with E-state index in [0.29, 0.717) is 5.41 Å². The van der Waals surface area contributed by atoms with Gasteiger partial charge in [0.05, 0.1) is 5.69 Å². The summed E-state index contributed by atoms with van der Waals surface area (Å²) in [5, 5.41) is 0. The Morgan fingerprint density at radius 2 is 2.12 bits per heavy atom. The number of rotatable bonds is 5. The van der Waals surface area contributed by atoms with E-state index in [-0.39, 0.29) is 0 Å². The normalized spacial score (nSPS) is 18.8. The standard InChI is InChI=1S/C14H23N3/c1-17(10-13-6-2-5-9-16-13)12-14(11-15)7-3-4-8-14/h2,5-6,9H,3-4,7-8,10-12,15H2,1H3. The third-order valence-electron chi connectivity index (χ3n) is 3.86. The maximum atomic E-state index is 5.97. The lowest BCUT2D eigenvalue weighted by molar-refractivity contribution is 0.178. The van der Waals surface area contributed by atoms with Crippen molar-refractivity contribution in [2.24, 2.45) is 11.1 Å². The highest BCUT2D eigenvalue weighted by molar-refractivity contribution is 5.03. The van der Waals surface area contributed by atoms with E-state index < -0.39 is 0 Å². The topological polar surface area (TPSA) is 42.2 Å². The predicted octanol–water partition coefficient (Wildman–Crippen LogP) is 2.03. The van der Waals surface area contributed by atoms with Gasteiger partial charge in [-0.2, -0.15) is 0 Å². The summed E-state index contributed by atoms with van der Waals surface area (Å²) in [6.07, 6.45) is 7.12. The van der Waals surface area contributed by atoms with Crippen molar-refractivity contribution in [3.63, 3.8) is 0 Å². The number of nitrogens with two attached hydrogens (primary N) is 1. The van der Waals surface area contributed by atoms with Gasteiger partial charge in [0.1, 0.15) is 0 Å². The van der Waals surface area contributed by atoms with E-state index in [0.717, 1.165) is 25.3 Å². The lowest BCUT2D eigenvalue weighted by Crippen LogP contribution is -2.39. The van der Waals surface area contributed by atoms with E-state index in [4.69, 9.17) is 5.73 Å². The molecule has 17 heavy (non-hydrogen) atoms. The van der Waals surface area contributed by atoms with Crippen LogP contribution in [0.1, 0.15) is 31.4 Å². The molecule has 0 aliphatic heterocycles. The second-order valence-corrected chi connectivity index (χ2v) is 5.40. The summed E-state index contributed by atoms with van der Waals surface area (Å²) in [5.41, 5.74) is 7.47. The summed E-state index contributed by atoms with van der Waals surface area (Å²) < 4.78 is 0. The molecule has 0 radical (unpaired) electrons. The van der Waals surface area contributed by atoms with Crippen molar-refractivity contribution in [3.05, 3.63) is 30.1 Å². The van der Waals surface area contributed by atoms with Crippen LogP contribution in [0.25, 0.3) is 0 Å². The van der Waals surface area contributed by atoms with Gasteiger partial charge in [-0.1, -0.05) is 18.9 Å². The van der Waals surface area contributed by atoms with Gasteiger partial charge in [-0.05, 0) is 44.0 Å². The van der Waals surface area contributed by atoms with Crippen LogP contribution in [-0.4, -0.2) is 30.0 Å². The van der Waals surface area contributed by atoms with Crippen LogP contribution in [-0.2, 0) is 6.54 Å². The van der Waals surface area contributed by atoms with Crippen molar-refractivity contribution in [2.75, 3.05) is 20.1 Å². The van der Waals surface area contributed by atoms with Gasteiger partial charge >= 0.3 is 0 Å². The Labute approximate surface area is 104 Å². The van der Waals surface area contributed by atoms with E-state index in [1.807, 2.05) is 18.3 Å². The lowest BCUT2D eigenvalue weighted by atomic mass is 9.86. The van der Waals surface area contributed by atoms with Crippen LogP contribution in [0.5, 0.6) is 0 Å². The van der Waals surface area contributed by atoms with Gasteiger partial charge in [-0.15, -0.1) is 0 Å². The molecule has 0 bridgehead atoms. The van der Waals surface area contributed by atoms with Gasteiger partial charge in [0.25, 0.3) is 0 Å². The largest absolute Gasteiger partial charge is 0.330 e. The van der Waals surface area contributed by atoms with Crippen molar-refractivity contribution in [1.82, 2.24) is 9.88 Å². The van der Waals surface area contributed by atoms with Crippen molar-refractivity contribution in [1.29, 1.82) is 0 Å². The second-order valence-electron chi connectivity index (χ2n) is 5.40. The molecule has 3 nitrogen and oxygen atoms in total. The number of pyridine rings is 1. The third-order valence-corrected chi connectivity index (χ3v) is 3.86. The van der Waals surface area contributed by atoms with Gasteiger partial charge in [0.2, 0.25) is 0 Å². The minimum atomic E-state index is 0.365. The lowest BCUT2D eigenvalue weighted by Gasteiger charge is -2.32. The predicted molar refractivity (Wildman–Crippen MR) is 70.5 cm³/mol. The number of hydrogen-bond donors (Lipinski definition) is 1. The first kappa shape index (κ1) is 12.5. The number of hydrogen-bond acceptors (Lipinski definition) is 3. The molecule has 0 amide bonds. The summed E-state index contributed by atoms with van der Waals surface area (Å²) in [4.78, 5) is 6.73. The first-order valence-electron chi connectivity index (χ1n) is 6.53. The molecule has 1 fully saturated rings. The van der Waals surface area contributed by atoms with Crippen molar-refractivity contribution < 1.29 is 0 Å². The van der Waals surface area contributed by atoms with Crippen LogP contribution in [0.2, 0.25) is 0 Å². The summed E-state index contributed by atoms with van der Waals surface area (Å²) in [6, 6.07) is 6.09. The second kappa shape index (κ2) is 5.61. The Balaban J connectivity index is 1.90. The summed E-state index contributed by atoms with van der Waals surface area (Å²) in [5.74, 6) is 0. The smallest absolute Gasteiger partial charge is 0.0543 e. The molecule has 0 spiro atoms. The minimum Gasteiger partial charge on any atom is -0.330 e. The molecule has 1 aliphatic carbocycles. The fraction of sp³-hybridized carbons (Fsp3) is 0.643. The molecule has 0 saturated heterocycles. The molecule has 0 aromatic carbocycles. The van der Waals surface area contributed by atoms with E-state index in [9.17, 15) is 0 Å². The highest BCUT2D eigenvalue weighted by atomic mass is 15.1. The Kier molecular flexibility index (Phi) is 4.13. The SMILES string of the molecule is CN(Cc1ccccn1)CC1(CN)CCCC1. The number of nitrogens with zero attached hydrogens (tertiary/aromatic N) is 2. The zero-order chi connectivity index (χ0) is 12.1. The van der Waals surface area contributed by atoms with Gasteiger partial charge in [0.15, 0.2) is 0 Å². The summed E-state index contributed by atoms with van der Waals surface area (Å²) in [7, 11) is 2.17. The minimum absolute atomic E-state index is 0.365. The molecule has 2 N–H and O–H groups in total. The van der Waals surface area contributed by atoms with Crippen LogP contribution in [0.15, 0.2) is 24.4 Å². The highest BCUT2D eigenvalue weighted by Crippen LogP contribution is 2.37. The fourth-order valence-electron chi connectivity index (χ4n) is 2.95. The zero-order valence-electron chi connectivity index (χ0n) is 10.7. The molecule has 3 heteroatoms. The van der Waals surface area contributed by atoms with E-state index >= 15 is 0 Å². The highest BCUT2D eigenvalue weighted by Gasteiger charge is 2.33. The average molecular weight is 233 g/mol. The molecule has 1 aromatic heterocycles. The first-order valence-corrected chi connectivity index (χ1v) is 6.53. The van der Waals surface area contributed by atoms with Gasteiger partial charge in [-0.3, -0.25) is 9.88 Å². The van der Waals surface area contributed by atoms with Crippen LogP contribution >= 0.6 is 0 Å². The molecule has 94 valence electrons. The zero-order valence-corrected chi connectivity index (χ0v) is 10.7. The molecular formula is C14H23N3. The van der Waals surface area contributed by atoms with Gasteiger partial charge < -0.3 is 5.73 Å². The van der Waals surface area contributed by atoms with Crippen LogP contribution in [0.4, 0.5) is 0 Å². The molecular weight excluding hydrogens is 210 g/mol. The average Bonchev–Trinajstić information content (AvgIpc) is 2.79. The molecule has 1 heterocycles. The van der Waals surface area contributed by atoms with Crippen molar-refractivity contribution in [2.45, 2.75) is 32.2 Å². The Morgan fingerprint density at radius 1 is 1.35 bits per heavy atom. The Morgan fingerprint density at radius 3 is 2.71 bits per heavy atom. The molecule has 1 aliphatic rings. The first-order chi connectivity index (χ1) is 8.24. The molecule has 0 unspecified atom stereocenters.